The molecule has 2 heterocycles. The molecule has 0 aliphatic rings. The molecule has 0 unspecified atom stereocenters. The Morgan fingerprint density at radius 1 is 1.35 bits per heavy atom. The molecular formula is C17H27N5O2S2. The first-order chi connectivity index (χ1) is 12.4. The SMILES string of the molecule is CSc1nnc(CCCNC(=O)CCn2c(C)csc2=O)n1CC(C)C. The van der Waals surface area contributed by atoms with Gasteiger partial charge in [0.1, 0.15) is 5.82 Å². The van der Waals surface area contributed by atoms with Crippen LogP contribution < -0.4 is 10.2 Å². The van der Waals surface area contributed by atoms with Gasteiger partial charge in [-0.2, -0.15) is 0 Å². The summed E-state index contributed by atoms with van der Waals surface area (Å²) in [4.78, 5) is 23.6. The smallest absolute Gasteiger partial charge is 0.307 e. The zero-order chi connectivity index (χ0) is 19.1. The Labute approximate surface area is 162 Å². The normalized spacial score (nSPS) is 11.3. The predicted molar refractivity (Wildman–Crippen MR) is 106 cm³/mol. The molecule has 0 saturated carbocycles. The van der Waals surface area contributed by atoms with Crippen molar-refractivity contribution in [3.8, 4) is 0 Å². The molecule has 2 aromatic rings. The van der Waals surface area contributed by atoms with Crippen LogP contribution in [0.2, 0.25) is 0 Å². The number of thioether (sulfide) groups is 1. The van der Waals surface area contributed by atoms with Gasteiger partial charge in [0, 0.05) is 43.5 Å². The van der Waals surface area contributed by atoms with Gasteiger partial charge in [0.05, 0.1) is 0 Å². The van der Waals surface area contributed by atoms with Crippen LogP contribution in [0.25, 0.3) is 0 Å². The van der Waals surface area contributed by atoms with Crippen molar-refractivity contribution in [2.24, 2.45) is 5.92 Å². The Balaban J connectivity index is 1.75. The molecule has 0 spiro atoms. The third-order valence-corrected chi connectivity index (χ3v) is 5.51. The highest BCUT2D eigenvalue weighted by molar-refractivity contribution is 7.98. The molecule has 1 N–H and O–H groups in total. The summed E-state index contributed by atoms with van der Waals surface area (Å²) < 4.78 is 3.81. The maximum Gasteiger partial charge on any atom is 0.307 e. The van der Waals surface area contributed by atoms with Crippen molar-refractivity contribution >= 4 is 29.0 Å². The van der Waals surface area contributed by atoms with E-state index < -0.39 is 0 Å². The highest BCUT2D eigenvalue weighted by atomic mass is 32.2. The highest BCUT2D eigenvalue weighted by Gasteiger charge is 2.12. The van der Waals surface area contributed by atoms with Gasteiger partial charge in [-0.05, 0) is 25.5 Å². The minimum Gasteiger partial charge on any atom is -0.356 e. The zero-order valence-electron chi connectivity index (χ0n) is 15.8. The van der Waals surface area contributed by atoms with Gasteiger partial charge in [0.25, 0.3) is 0 Å². The highest BCUT2D eigenvalue weighted by Crippen LogP contribution is 2.16. The molecular weight excluding hydrogens is 370 g/mol. The molecule has 0 saturated heterocycles. The molecule has 26 heavy (non-hydrogen) atoms. The van der Waals surface area contributed by atoms with Crippen molar-refractivity contribution in [3.05, 3.63) is 26.6 Å². The Kier molecular flexibility index (Phi) is 7.89. The van der Waals surface area contributed by atoms with Gasteiger partial charge in [-0.25, -0.2) is 0 Å². The number of nitrogens with zero attached hydrogens (tertiary/aromatic N) is 4. The Morgan fingerprint density at radius 3 is 2.73 bits per heavy atom. The van der Waals surface area contributed by atoms with E-state index in [-0.39, 0.29) is 10.8 Å². The maximum atomic E-state index is 12.0. The molecule has 7 nitrogen and oxygen atoms in total. The lowest BCUT2D eigenvalue weighted by atomic mass is 10.2. The number of carbonyl (C=O) groups is 1. The van der Waals surface area contributed by atoms with Gasteiger partial charge in [0.15, 0.2) is 5.16 Å². The summed E-state index contributed by atoms with van der Waals surface area (Å²) in [6.07, 6.45) is 3.92. The van der Waals surface area contributed by atoms with Crippen LogP contribution in [0.15, 0.2) is 15.3 Å². The summed E-state index contributed by atoms with van der Waals surface area (Å²) in [7, 11) is 0. The third kappa shape index (κ3) is 5.70. The van der Waals surface area contributed by atoms with Crippen molar-refractivity contribution < 1.29 is 4.79 Å². The molecule has 0 fully saturated rings. The fraction of sp³-hybridized carbons (Fsp3) is 0.647. The number of nitrogens with one attached hydrogen (secondary N) is 1. The molecule has 0 atom stereocenters. The van der Waals surface area contributed by atoms with Crippen LogP contribution in [0.5, 0.6) is 0 Å². The fourth-order valence-electron chi connectivity index (χ4n) is 2.65. The van der Waals surface area contributed by atoms with Crippen LogP contribution in [-0.4, -0.2) is 38.0 Å². The second-order valence-corrected chi connectivity index (χ2v) is 8.20. The largest absolute Gasteiger partial charge is 0.356 e. The predicted octanol–water partition coefficient (Wildman–Crippen LogP) is 2.33. The summed E-state index contributed by atoms with van der Waals surface area (Å²) in [6.45, 7) is 8.16. The van der Waals surface area contributed by atoms with Gasteiger partial charge >= 0.3 is 4.87 Å². The number of hydrogen-bond acceptors (Lipinski definition) is 6. The quantitative estimate of drug-likeness (QED) is 0.491. The Morgan fingerprint density at radius 2 is 2.12 bits per heavy atom. The number of aryl methyl sites for hydroxylation is 2. The molecule has 1 amide bonds. The second kappa shape index (κ2) is 9.91. The molecule has 0 aromatic carbocycles. The van der Waals surface area contributed by atoms with Gasteiger partial charge in [-0.3, -0.25) is 9.59 Å². The van der Waals surface area contributed by atoms with E-state index >= 15 is 0 Å². The minimum absolute atomic E-state index is 0.00983. The number of hydrogen-bond donors (Lipinski definition) is 1. The molecule has 0 radical (unpaired) electrons. The van der Waals surface area contributed by atoms with E-state index in [2.05, 4.69) is 33.9 Å². The van der Waals surface area contributed by atoms with Crippen molar-refractivity contribution in [2.45, 2.75) is 58.3 Å². The average Bonchev–Trinajstić information content (AvgIpc) is 3.12. The number of rotatable bonds is 10. The molecule has 2 aromatic heterocycles. The molecule has 9 heteroatoms. The summed E-state index contributed by atoms with van der Waals surface area (Å²) in [5.41, 5.74) is 0.905. The Hall–Kier alpha value is -1.61. The zero-order valence-corrected chi connectivity index (χ0v) is 17.5. The van der Waals surface area contributed by atoms with Crippen LogP contribution in [0.3, 0.4) is 0 Å². The topological polar surface area (TPSA) is 81.8 Å². The number of aromatic nitrogens is 4. The number of carbonyl (C=O) groups excluding carboxylic acids is 1. The van der Waals surface area contributed by atoms with Gasteiger partial charge < -0.3 is 14.5 Å². The van der Waals surface area contributed by atoms with Gasteiger partial charge in [-0.1, -0.05) is 36.9 Å². The maximum absolute atomic E-state index is 12.0. The van der Waals surface area contributed by atoms with E-state index in [9.17, 15) is 9.59 Å². The van der Waals surface area contributed by atoms with Gasteiger partial charge in [0.2, 0.25) is 5.91 Å². The molecule has 2 rings (SSSR count). The number of thiazole rings is 1. The van der Waals surface area contributed by atoms with Crippen LogP contribution in [0, 0.1) is 12.8 Å². The van der Waals surface area contributed by atoms with Crippen LogP contribution in [-0.2, 0) is 24.3 Å². The van der Waals surface area contributed by atoms with Crippen LogP contribution in [0.4, 0.5) is 0 Å². The monoisotopic (exact) mass is 397 g/mol. The molecule has 0 bridgehead atoms. The summed E-state index contributed by atoms with van der Waals surface area (Å²) in [6, 6.07) is 0. The van der Waals surface area contributed by atoms with E-state index in [1.54, 1.807) is 16.3 Å². The fourth-order valence-corrected chi connectivity index (χ4v) is 3.94. The lowest BCUT2D eigenvalue weighted by molar-refractivity contribution is -0.121. The lowest BCUT2D eigenvalue weighted by Gasteiger charge is -2.12. The molecule has 144 valence electrons. The van der Waals surface area contributed by atoms with E-state index in [4.69, 9.17) is 0 Å². The Bertz CT molecular complexity index is 778. The van der Waals surface area contributed by atoms with Gasteiger partial charge in [-0.15, -0.1) is 10.2 Å². The van der Waals surface area contributed by atoms with Crippen LogP contribution in [0.1, 0.15) is 38.2 Å². The van der Waals surface area contributed by atoms with Crippen LogP contribution >= 0.6 is 23.1 Å². The van der Waals surface area contributed by atoms with E-state index in [0.717, 1.165) is 36.1 Å². The van der Waals surface area contributed by atoms with E-state index in [0.29, 0.717) is 25.4 Å². The standard InChI is InChI=1S/C17H27N5O2S2/c1-12(2)10-22-14(19-20-16(22)25-4)6-5-8-18-15(23)7-9-21-13(3)11-26-17(21)24/h11-12H,5-10H2,1-4H3,(H,18,23). The summed E-state index contributed by atoms with van der Waals surface area (Å²) in [5, 5.41) is 14.2. The third-order valence-electron chi connectivity index (χ3n) is 3.96. The van der Waals surface area contributed by atoms with E-state index in [1.165, 1.54) is 11.3 Å². The second-order valence-electron chi connectivity index (χ2n) is 6.61. The summed E-state index contributed by atoms with van der Waals surface area (Å²) in [5.74, 6) is 1.47. The first kappa shape index (κ1) is 20.7. The van der Waals surface area contributed by atoms with Crippen molar-refractivity contribution in [3.63, 3.8) is 0 Å². The van der Waals surface area contributed by atoms with Crippen molar-refractivity contribution in [1.29, 1.82) is 0 Å². The average molecular weight is 398 g/mol. The van der Waals surface area contributed by atoms with Crippen molar-refractivity contribution in [1.82, 2.24) is 24.6 Å². The first-order valence-electron chi connectivity index (χ1n) is 8.80. The number of amides is 1. The van der Waals surface area contributed by atoms with E-state index in [1.807, 2.05) is 18.6 Å². The molecule has 0 aliphatic heterocycles. The lowest BCUT2D eigenvalue weighted by Crippen LogP contribution is -2.27. The first-order valence-corrected chi connectivity index (χ1v) is 10.9. The van der Waals surface area contributed by atoms with Crippen molar-refractivity contribution in [2.75, 3.05) is 12.8 Å². The minimum atomic E-state index is -0.0315. The summed E-state index contributed by atoms with van der Waals surface area (Å²) >= 11 is 2.77. The molecule has 0 aliphatic carbocycles.